The minimum atomic E-state index is -0.332. The van der Waals surface area contributed by atoms with Crippen LogP contribution in [0.4, 0.5) is 4.39 Å². The summed E-state index contributed by atoms with van der Waals surface area (Å²) in [5.41, 5.74) is 0.827. The third kappa shape index (κ3) is 3.59. The highest BCUT2D eigenvalue weighted by Gasteiger charge is 2.36. The largest absolute Gasteiger partial charge is 0.376 e. The summed E-state index contributed by atoms with van der Waals surface area (Å²) in [4.78, 5) is 26.2. The van der Waals surface area contributed by atoms with Gasteiger partial charge in [0.2, 0.25) is 11.8 Å². The number of ether oxygens (including phenoxy) is 1. The summed E-state index contributed by atoms with van der Waals surface area (Å²) in [5.74, 6) is -0.754. The van der Waals surface area contributed by atoms with E-state index in [9.17, 15) is 14.0 Å². The van der Waals surface area contributed by atoms with Gasteiger partial charge >= 0.3 is 0 Å². The fraction of sp³-hybridized carbons (Fsp3) is 0.556. The number of nitrogens with zero attached hydrogens (tertiary/aromatic N) is 1. The summed E-state index contributed by atoms with van der Waals surface area (Å²) in [6.45, 7) is 3.66. The van der Waals surface area contributed by atoms with Gasteiger partial charge in [0.1, 0.15) is 5.82 Å². The van der Waals surface area contributed by atoms with E-state index in [4.69, 9.17) is 4.74 Å². The normalized spacial score (nSPS) is 25.1. The number of nitrogens with one attached hydrogen (secondary N) is 1. The minimum Gasteiger partial charge on any atom is -0.376 e. The molecule has 0 bridgehead atoms. The molecule has 3 rings (SSSR count). The smallest absolute Gasteiger partial charge is 0.225 e. The van der Waals surface area contributed by atoms with Gasteiger partial charge < -0.3 is 15.0 Å². The molecule has 0 aliphatic carbocycles. The van der Waals surface area contributed by atoms with Crippen LogP contribution >= 0.6 is 0 Å². The molecule has 0 radical (unpaired) electrons. The molecule has 2 aliphatic heterocycles. The van der Waals surface area contributed by atoms with Crippen molar-refractivity contribution in [1.82, 2.24) is 10.2 Å². The highest BCUT2D eigenvalue weighted by molar-refractivity contribution is 5.89. The SMILES string of the molecule is CCN1C[C@H](C(=O)N[C@@H](c2ccc(F)cc2)[C@@H]2CCCO2)CC1=O. The average Bonchev–Trinajstić information content (AvgIpc) is 3.23. The average molecular weight is 334 g/mol. The number of amides is 2. The van der Waals surface area contributed by atoms with Gasteiger partial charge in [-0.2, -0.15) is 0 Å². The number of likely N-dealkylation sites (tertiary alicyclic amines) is 1. The van der Waals surface area contributed by atoms with Crippen molar-refractivity contribution in [3.63, 3.8) is 0 Å². The van der Waals surface area contributed by atoms with E-state index in [2.05, 4.69) is 5.32 Å². The number of benzene rings is 1. The summed E-state index contributed by atoms with van der Waals surface area (Å²) < 4.78 is 18.9. The Morgan fingerprint density at radius 1 is 1.42 bits per heavy atom. The molecular formula is C18H23FN2O3. The Bertz CT molecular complexity index is 599. The van der Waals surface area contributed by atoms with Crippen molar-refractivity contribution in [2.75, 3.05) is 19.7 Å². The standard InChI is InChI=1S/C18H23FN2O3/c1-2-21-11-13(10-16(21)22)18(23)20-17(15-4-3-9-24-15)12-5-7-14(19)8-6-12/h5-8,13,15,17H,2-4,9-11H2,1H3,(H,20,23)/t13-,15+,17+/m1/s1. The summed E-state index contributed by atoms with van der Waals surface area (Å²) in [6, 6.07) is 5.83. The molecule has 1 N–H and O–H groups in total. The van der Waals surface area contributed by atoms with Crippen LogP contribution in [-0.2, 0) is 14.3 Å². The van der Waals surface area contributed by atoms with E-state index in [-0.39, 0.29) is 42.1 Å². The quantitative estimate of drug-likeness (QED) is 0.896. The molecule has 2 fully saturated rings. The van der Waals surface area contributed by atoms with Crippen LogP contribution in [0.25, 0.3) is 0 Å². The lowest BCUT2D eigenvalue weighted by Gasteiger charge is -2.26. The van der Waals surface area contributed by atoms with Gasteiger partial charge in [-0.05, 0) is 37.5 Å². The Morgan fingerprint density at radius 3 is 2.75 bits per heavy atom. The van der Waals surface area contributed by atoms with E-state index in [1.54, 1.807) is 17.0 Å². The Morgan fingerprint density at radius 2 is 2.17 bits per heavy atom. The van der Waals surface area contributed by atoms with Gasteiger partial charge in [-0.25, -0.2) is 4.39 Å². The van der Waals surface area contributed by atoms with Gasteiger partial charge in [-0.1, -0.05) is 12.1 Å². The van der Waals surface area contributed by atoms with Crippen LogP contribution in [-0.4, -0.2) is 42.5 Å². The van der Waals surface area contributed by atoms with Crippen molar-refractivity contribution in [3.8, 4) is 0 Å². The first-order chi connectivity index (χ1) is 11.6. The summed E-state index contributed by atoms with van der Waals surface area (Å²) >= 11 is 0. The van der Waals surface area contributed by atoms with Crippen LogP contribution in [0.15, 0.2) is 24.3 Å². The second-order valence-electron chi connectivity index (χ2n) is 6.42. The molecule has 3 atom stereocenters. The molecule has 5 nitrogen and oxygen atoms in total. The molecule has 1 aromatic carbocycles. The number of halogens is 1. The molecular weight excluding hydrogens is 311 g/mol. The van der Waals surface area contributed by atoms with Gasteiger partial charge in [0.05, 0.1) is 18.1 Å². The molecule has 2 heterocycles. The number of hydrogen-bond acceptors (Lipinski definition) is 3. The molecule has 0 aromatic heterocycles. The van der Waals surface area contributed by atoms with Crippen molar-refractivity contribution >= 4 is 11.8 Å². The maximum atomic E-state index is 13.2. The molecule has 0 unspecified atom stereocenters. The van der Waals surface area contributed by atoms with Crippen LogP contribution in [0.5, 0.6) is 0 Å². The molecule has 6 heteroatoms. The van der Waals surface area contributed by atoms with Gasteiger partial charge in [0.15, 0.2) is 0 Å². The zero-order chi connectivity index (χ0) is 17.1. The number of carbonyl (C=O) groups excluding carboxylic acids is 2. The predicted molar refractivity (Wildman–Crippen MR) is 86.6 cm³/mol. The molecule has 0 saturated carbocycles. The predicted octanol–water partition coefficient (Wildman–Crippen LogP) is 2.03. The molecule has 1 aromatic rings. The molecule has 24 heavy (non-hydrogen) atoms. The first kappa shape index (κ1) is 16.9. The Labute approximate surface area is 141 Å². The molecule has 2 amide bonds. The second-order valence-corrected chi connectivity index (χ2v) is 6.42. The van der Waals surface area contributed by atoms with Crippen LogP contribution in [0.2, 0.25) is 0 Å². The lowest BCUT2D eigenvalue weighted by atomic mass is 9.97. The lowest BCUT2D eigenvalue weighted by Crippen LogP contribution is -2.40. The van der Waals surface area contributed by atoms with Crippen LogP contribution in [0, 0.1) is 11.7 Å². The van der Waals surface area contributed by atoms with Gasteiger partial charge in [-0.15, -0.1) is 0 Å². The highest BCUT2D eigenvalue weighted by atomic mass is 19.1. The monoisotopic (exact) mass is 334 g/mol. The molecule has 130 valence electrons. The maximum absolute atomic E-state index is 13.2. The van der Waals surface area contributed by atoms with E-state index < -0.39 is 0 Å². The third-order valence-electron chi connectivity index (χ3n) is 4.83. The summed E-state index contributed by atoms with van der Waals surface area (Å²) in [7, 11) is 0. The van der Waals surface area contributed by atoms with Gasteiger partial charge in [0, 0.05) is 26.1 Å². The summed E-state index contributed by atoms with van der Waals surface area (Å²) in [6.07, 6.45) is 1.94. The van der Waals surface area contributed by atoms with E-state index in [0.29, 0.717) is 19.7 Å². The van der Waals surface area contributed by atoms with Crippen molar-refractivity contribution in [2.45, 2.75) is 38.3 Å². The van der Waals surface area contributed by atoms with E-state index in [1.165, 1.54) is 12.1 Å². The zero-order valence-corrected chi connectivity index (χ0v) is 13.8. The lowest BCUT2D eigenvalue weighted by molar-refractivity contribution is -0.129. The zero-order valence-electron chi connectivity index (χ0n) is 13.8. The van der Waals surface area contributed by atoms with Gasteiger partial charge in [0.25, 0.3) is 0 Å². The van der Waals surface area contributed by atoms with E-state index in [1.807, 2.05) is 6.92 Å². The van der Waals surface area contributed by atoms with Crippen molar-refractivity contribution in [3.05, 3.63) is 35.6 Å². The van der Waals surface area contributed by atoms with Crippen molar-refractivity contribution in [2.24, 2.45) is 5.92 Å². The first-order valence-corrected chi connectivity index (χ1v) is 8.53. The topological polar surface area (TPSA) is 58.6 Å². The fourth-order valence-electron chi connectivity index (χ4n) is 3.45. The van der Waals surface area contributed by atoms with E-state index in [0.717, 1.165) is 18.4 Å². The fourth-order valence-corrected chi connectivity index (χ4v) is 3.45. The Hall–Kier alpha value is -1.95. The van der Waals surface area contributed by atoms with Gasteiger partial charge in [-0.3, -0.25) is 9.59 Å². The van der Waals surface area contributed by atoms with Crippen molar-refractivity contribution < 1.29 is 18.7 Å². The molecule has 2 saturated heterocycles. The molecule has 0 spiro atoms. The van der Waals surface area contributed by atoms with Crippen molar-refractivity contribution in [1.29, 1.82) is 0 Å². The number of rotatable bonds is 5. The third-order valence-corrected chi connectivity index (χ3v) is 4.83. The molecule has 2 aliphatic rings. The number of hydrogen-bond donors (Lipinski definition) is 1. The van der Waals surface area contributed by atoms with Crippen LogP contribution in [0.1, 0.15) is 37.8 Å². The van der Waals surface area contributed by atoms with Crippen LogP contribution < -0.4 is 5.32 Å². The minimum absolute atomic E-state index is 0.0214. The highest BCUT2D eigenvalue weighted by Crippen LogP contribution is 2.28. The maximum Gasteiger partial charge on any atom is 0.225 e. The van der Waals surface area contributed by atoms with Crippen LogP contribution in [0.3, 0.4) is 0 Å². The Balaban J connectivity index is 1.73. The van der Waals surface area contributed by atoms with E-state index >= 15 is 0 Å². The second kappa shape index (κ2) is 7.30. The first-order valence-electron chi connectivity index (χ1n) is 8.53. The summed E-state index contributed by atoms with van der Waals surface area (Å²) in [5, 5.41) is 3.04. The Kier molecular flexibility index (Phi) is 5.14. The number of carbonyl (C=O) groups is 2.